The number of rotatable bonds is 2. The molecule has 1 unspecified atom stereocenters. The van der Waals surface area contributed by atoms with Crippen LogP contribution >= 0.6 is 0 Å². The number of nitrogens with zero attached hydrogens (tertiary/aromatic N) is 2. The van der Waals surface area contributed by atoms with E-state index in [2.05, 4.69) is 10.2 Å². The number of aromatic nitrogens is 2. The summed E-state index contributed by atoms with van der Waals surface area (Å²) in [5.41, 5.74) is 9.94. The fourth-order valence-corrected chi connectivity index (χ4v) is 1.95. The van der Waals surface area contributed by atoms with E-state index in [1.807, 2.05) is 26.8 Å². The Morgan fingerprint density at radius 1 is 1.06 bits per heavy atom. The highest BCUT2D eigenvalue weighted by molar-refractivity contribution is 5.36. The van der Waals surface area contributed by atoms with Crippen molar-refractivity contribution in [3.63, 3.8) is 0 Å². The first-order chi connectivity index (χ1) is 8.49. The molecule has 0 aliphatic heterocycles. The minimum atomic E-state index is -0.515. The van der Waals surface area contributed by atoms with E-state index in [0.29, 0.717) is 5.56 Å². The molecule has 0 radical (unpaired) electrons. The topological polar surface area (TPSA) is 51.8 Å². The van der Waals surface area contributed by atoms with E-state index < -0.39 is 6.04 Å². The second-order valence-corrected chi connectivity index (χ2v) is 4.53. The summed E-state index contributed by atoms with van der Waals surface area (Å²) in [5.74, 6) is -0.290. The molecule has 0 amide bonds. The number of halogens is 1. The molecule has 0 saturated carbocycles. The largest absolute Gasteiger partial charge is 0.320 e. The summed E-state index contributed by atoms with van der Waals surface area (Å²) >= 11 is 0. The van der Waals surface area contributed by atoms with Gasteiger partial charge in [0, 0.05) is 5.56 Å². The summed E-state index contributed by atoms with van der Waals surface area (Å²) in [6, 6.07) is 6.29. The second-order valence-electron chi connectivity index (χ2n) is 4.53. The number of hydrogen-bond acceptors (Lipinski definition) is 3. The first-order valence-corrected chi connectivity index (χ1v) is 5.81. The Kier molecular flexibility index (Phi) is 3.39. The third kappa shape index (κ3) is 2.38. The predicted molar refractivity (Wildman–Crippen MR) is 68.7 cm³/mol. The zero-order valence-corrected chi connectivity index (χ0v) is 10.7. The van der Waals surface area contributed by atoms with Crippen LogP contribution < -0.4 is 5.73 Å². The molecule has 18 heavy (non-hydrogen) atoms. The van der Waals surface area contributed by atoms with Crippen molar-refractivity contribution in [3.8, 4) is 0 Å². The van der Waals surface area contributed by atoms with Crippen molar-refractivity contribution in [2.45, 2.75) is 26.8 Å². The lowest BCUT2D eigenvalue weighted by atomic mass is 9.96. The first-order valence-electron chi connectivity index (χ1n) is 5.81. The number of aryl methyl sites for hydroxylation is 3. The lowest BCUT2D eigenvalue weighted by Gasteiger charge is -2.16. The van der Waals surface area contributed by atoms with Crippen LogP contribution in [0.25, 0.3) is 0 Å². The highest BCUT2D eigenvalue weighted by atomic mass is 19.1. The fraction of sp³-hybridized carbons (Fsp3) is 0.286. The van der Waals surface area contributed by atoms with Crippen LogP contribution in [0.2, 0.25) is 0 Å². The fourth-order valence-electron chi connectivity index (χ4n) is 1.95. The van der Waals surface area contributed by atoms with Gasteiger partial charge in [0.25, 0.3) is 0 Å². The van der Waals surface area contributed by atoms with E-state index in [1.165, 1.54) is 6.07 Å². The Morgan fingerprint density at radius 2 is 1.78 bits per heavy atom. The van der Waals surface area contributed by atoms with Crippen LogP contribution in [-0.2, 0) is 0 Å². The van der Waals surface area contributed by atoms with E-state index in [9.17, 15) is 4.39 Å². The van der Waals surface area contributed by atoms with Gasteiger partial charge in [0.2, 0.25) is 0 Å². The molecule has 2 rings (SSSR count). The van der Waals surface area contributed by atoms with Crippen LogP contribution in [0.3, 0.4) is 0 Å². The average Bonchev–Trinajstić information content (AvgIpc) is 2.34. The summed E-state index contributed by atoms with van der Waals surface area (Å²) in [7, 11) is 0. The highest BCUT2D eigenvalue weighted by Crippen LogP contribution is 2.24. The minimum Gasteiger partial charge on any atom is -0.320 e. The van der Waals surface area contributed by atoms with E-state index in [-0.39, 0.29) is 5.82 Å². The predicted octanol–water partition coefficient (Wildman–Crippen LogP) is 2.59. The van der Waals surface area contributed by atoms with Crippen LogP contribution in [0, 0.1) is 26.6 Å². The van der Waals surface area contributed by atoms with Gasteiger partial charge in [-0.1, -0.05) is 17.7 Å². The maximum Gasteiger partial charge on any atom is 0.128 e. The lowest BCUT2D eigenvalue weighted by Crippen LogP contribution is -2.16. The van der Waals surface area contributed by atoms with Gasteiger partial charge in [-0.2, -0.15) is 10.2 Å². The highest BCUT2D eigenvalue weighted by Gasteiger charge is 2.17. The summed E-state index contributed by atoms with van der Waals surface area (Å²) < 4.78 is 13.8. The van der Waals surface area contributed by atoms with E-state index in [4.69, 9.17) is 5.73 Å². The van der Waals surface area contributed by atoms with Gasteiger partial charge < -0.3 is 5.73 Å². The van der Waals surface area contributed by atoms with Gasteiger partial charge in [-0.15, -0.1) is 0 Å². The minimum absolute atomic E-state index is 0.290. The second kappa shape index (κ2) is 4.82. The van der Waals surface area contributed by atoms with Gasteiger partial charge in [-0.25, -0.2) is 4.39 Å². The summed E-state index contributed by atoms with van der Waals surface area (Å²) in [6.07, 6.45) is 0. The van der Waals surface area contributed by atoms with Crippen LogP contribution in [-0.4, -0.2) is 10.2 Å². The zero-order chi connectivity index (χ0) is 13.3. The van der Waals surface area contributed by atoms with E-state index in [0.717, 1.165) is 22.5 Å². The molecule has 0 aliphatic carbocycles. The molecule has 94 valence electrons. The quantitative estimate of drug-likeness (QED) is 0.884. The van der Waals surface area contributed by atoms with Gasteiger partial charge in [0.1, 0.15) is 5.82 Å². The molecule has 0 spiro atoms. The van der Waals surface area contributed by atoms with Crippen molar-refractivity contribution in [1.29, 1.82) is 0 Å². The summed E-state index contributed by atoms with van der Waals surface area (Å²) in [5, 5.41) is 7.98. The third-order valence-electron chi connectivity index (χ3n) is 2.96. The van der Waals surface area contributed by atoms with E-state index in [1.54, 1.807) is 12.1 Å². The molecule has 4 heteroatoms. The maximum absolute atomic E-state index is 13.8. The molecule has 2 N–H and O–H groups in total. The zero-order valence-electron chi connectivity index (χ0n) is 10.7. The van der Waals surface area contributed by atoms with Gasteiger partial charge in [0.05, 0.1) is 17.4 Å². The Bertz CT molecular complexity index is 530. The monoisotopic (exact) mass is 245 g/mol. The van der Waals surface area contributed by atoms with Gasteiger partial charge >= 0.3 is 0 Å². The molecule has 0 bridgehead atoms. The number of benzene rings is 1. The number of hydrogen-bond donors (Lipinski definition) is 1. The normalized spacial score (nSPS) is 12.5. The Morgan fingerprint density at radius 3 is 2.50 bits per heavy atom. The SMILES string of the molecule is Cc1ccc(F)c(C(N)c2cc(C)nnc2C)c1. The molecule has 0 aliphatic rings. The summed E-state index contributed by atoms with van der Waals surface area (Å²) in [6.45, 7) is 5.59. The number of nitrogens with two attached hydrogens (primary N) is 1. The third-order valence-corrected chi connectivity index (χ3v) is 2.96. The van der Waals surface area contributed by atoms with Crippen LogP contribution in [0.5, 0.6) is 0 Å². The first kappa shape index (κ1) is 12.6. The molecular formula is C14H16FN3. The molecule has 0 fully saturated rings. The van der Waals surface area contributed by atoms with E-state index >= 15 is 0 Å². The molecule has 1 aromatic carbocycles. The smallest absolute Gasteiger partial charge is 0.128 e. The van der Waals surface area contributed by atoms with Gasteiger partial charge in [-0.05, 0) is 38.5 Å². The average molecular weight is 245 g/mol. The lowest BCUT2D eigenvalue weighted by molar-refractivity contribution is 0.597. The Labute approximate surface area is 106 Å². The molecule has 1 atom stereocenters. The van der Waals surface area contributed by atoms with Crippen LogP contribution in [0.4, 0.5) is 4.39 Å². The van der Waals surface area contributed by atoms with Crippen LogP contribution in [0.1, 0.15) is 34.1 Å². The Balaban J connectivity index is 2.50. The molecule has 3 nitrogen and oxygen atoms in total. The van der Waals surface area contributed by atoms with Gasteiger partial charge in [0.15, 0.2) is 0 Å². The standard InChI is InChI=1S/C14H16FN3/c1-8-4-5-13(15)12(6-8)14(16)11-7-9(2)17-18-10(11)3/h4-7,14H,16H2,1-3H3. The van der Waals surface area contributed by atoms with Crippen molar-refractivity contribution < 1.29 is 4.39 Å². The van der Waals surface area contributed by atoms with Crippen molar-refractivity contribution in [1.82, 2.24) is 10.2 Å². The maximum atomic E-state index is 13.8. The molecule has 2 aromatic rings. The van der Waals surface area contributed by atoms with Gasteiger partial charge in [-0.3, -0.25) is 0 Å². The summed E-state index contributed by atoms with van der Waals surface area (Å²) in [4.78, 5) is 0. The van der Waals surface area contributed by atoms with Crippen molar-refractivity contribution in [2.24, 2.45) is 5.73 Å². The molecular weight excluding hydrogens is 229 g/mol. The molecule has 0 saturated heterocycles. The Hall–Kier alpha value is -1.81. The van der Waals surface area contributed by atoms with Crippen molar-refractivity contribution in [2.75, 3.05) is 0 Å². The van der Waals surface area contributed by atoms with Crippen LogP contribution in [0.15, 0.2) is 24.3 Å². The molecule has 1 aromatic heterocycles. The molecule has 1 heterocycles. The van der Waals surface area contributed by atoms with Crippen molar-refractivity contribution in [3.05, 3.63) is 58.2 Å². The van der Waals surface area contributed by atoms with Crippen molar-refractivity contribution >= 4 is 0 Å².